The van der Waals surface area contributed by atoms with E-state index in [4.69, 9.17) is 5.73 Å². The van der Waals surface area contributed by atoms with E-state index in [1.54, 1.807) is 13.0 Å². The van der Waals surface area contributed by atoms with Crippen molar-refractivity contribution >= 4 is 17.5 Å². The second-order valence-corrected chi connectivity index (χ2v) is 3.57. The molecule has 0 saturated carbocycles. The number of nitrogens with two attached hydrogens (primary N) is 1. The van der Waals surface area contributed by atoms with Crippen molar-refractivity contribution < 1.29 is 14.0 Å². The molecule has 4 nitrogen and oxygen atoms in total. The number of hydrogen-bond acceptors (Lipinski definition) is 2. The van der Waals surface area contributed by atoms with Crippen LogP contribution in [0.25, 0.3) is 0 Å². The van der Waals surface area contributed by atoms with Gasteiger partial charge >= 0.3 is 0 Å². The number of hydrogen-bond donors (Lipinski definition) is 2. The van der Waals surface area contributed by atoms with Crippen LogP contribution in [0.1, 0.15) is 13.3 Å². The van der Waals surface area contributed by atoms with Gasteiger partial charge < -0.3 is 11.1 Å². The lowest BCUT2D eigenvalue weighted by atomic mass is 10.1. The van der Waals surface area contributed by atoms with Gasteiger partial charge in [0.25, 0.3) is 0 Å². The van der Waals surface area contributed by atoms with E-state index in [2.05, 4.69) is 5.32 Å². The first-order chi connectivity index (χ1) is 7.49. The summed E-state index contributed by atoms with van der Waals surface area (Å²) in [4.78, 5) is 22.1. The summed E-state index contributed by atoms with van der Waals surface area (Å²) in [5.41, 5.74) is 5.39. The zero-order valence-corrected chi connectivity index (χ0v) is 8.87. The maximum Gasteiger partial charge on any atom is 0.225 e. The number of halogens is 1. The number of carbonyl (C=O) groups is 2. The number of benzene rings is 1. The summed E-state index contributed by atoms with van der Waals surface area (Å²) in [6.45, 7) is 1.56. The fourth-order valence-corrected chi connectivity index (χ4v) is 1.16. The van der Waals surface area contributed by atoms with Gasteiger partial charge in [0.1, 0.15) is 5.82 Å². The SMILES string of the molecule is CC(CC(=O)Nc1cccc(F)c1)C(N)=O. The Hall–Kier alpha value is -1.91. The normalized spacial score (nSPS) is 11.9. The van der Waals surface area contributed by atoms with E-state index in [-0.39, 0.29) is 12.3 Å². The predicted octanol–water partition coefficient (Wildman–Crippen LogP) is 1.28. The first-order valence-corrected chi connectivity index (χ1v) is 4.84. The third-order valence-electron chi connectivity index (χ3n) is 2.09. The Bertz CT molecular complexity index is 407. The second kappa shape index (κ2) is 5.25. The van der Waals surface area contributed by atoms with Gasteiger partial charge in [-0.15, -0.1) is 0 Å². The van der Waals surface area contributed by atoms with E-state index in [1.165, 1.54) is 18.2 Å². The summed E-state index contributed by atoms with van der Waals surface area (Å²) in [5.74, 6) is -1.86. The van der Waals surface area contributed by atoms with Crippen LogP contribution in [-0.2, 0) is 9.59 Å². The van der Waals surface area contributed by atoms with Crippen LogP contribution >= 0.6 is 0 Å². The van der Waals surface area contributed by atoms with Crippen molar-refractivity contribution in [1.82, 2.24) is 0 Å². The van der Waals surface area contributed by atoms with Crippen molar-refractivity contribution in [3.8, 4) is 0 Å². The Morgan fingerprint density at radius 2 is 2.19 bits per heavy atom. The molecule has 16 heavy (non-hydrogen) atoms. The average molecular weight is 224 g/mol. The molecule has 1 aromatic carbocycles. The molecule has 0 aromatic heterocycles. The van der Waals surface area contributed by atoms with E-state index >= 15 is 0 Å². The van der Waals surface area contributed by atoms with Crippen molar-refractivity contribution in [2.75, 3.05) is 5.32 Å². The van der Waals surface area contributed by atoms with Crippen molar-refractivity contribution in [3.05, 3.63) is 30.1 Å². The van der Waals surface area contributed by atoms with Crippen molar-refractivity contribution in [2.24, 2.45) is 11.7 Å². The van der Waals surface area contributed by atoms with Gasteiger partial charge in [-0.2, -0.15) is 0 Å². The lowest BCUT2D eigenvalue weighted by Gasteiger charge is -2.08. The summed E-state index contributed by atoms with van der Waals surface area (Å²) in [6.07, 6.45) is -0.00809. The first kappa shape index (κ1) is 12.2. The maximum absolute atomic E-state index is 12.8. The molecule has 0 aliphatic heterocycles. The minimum absolute atomic E-state index is 0.00809. The van der Waals surface area contributed by atoms with Gasteiger partial charge in [-0.1, -0.05) is 13.0 Å². The topological polar surface area (TPSA) is 72.2 Å². The Morgan fingerprint density at radius 1 is 1.50 bits per heavy atom. The third kappa shape index (κ3) is 3.68. The zero-order chi connectivity index (χ0) is 12.1. The number of rotatable bonds is 4. The van der Waals surface area contributed by atoms with Crippen LogP contribution in [0.5, 0.6) is 0 Å². The largest absolute Gasteiger partial charge is 0.369 e. The summed E-state index contributed by atoms with van der Waals surface area (Å²) in [5, 5.41) is 2.48. The summed E-state index contributed by atoms with van der Waals surface area (Å²) in [6, 6.07) is 5.53. The van der Waals surface area contributed by atoms with Crippen LogP contribution in [0.3, 0.4) is 0 Å². The van der Waals surface area contributed by atoms with Crippen LogP contribution in [0.15, 0.2) is 24.3 Å². The standard InChI is InChI=1S/C11H13FN2O2/c1-7(11(13)16)5-10(15)14-9-4-2-3-8(12)6-9/h2-4,6-7H,5H2,1H3,(H2,13,16)(H,14,15). The molecule has 0 fully saturated rings. The molecule has 5 heteroatoms. The molecule has 0 heterocycles. The molecule has 0 spiro atoms. The number of primary amides is 1. The van der Waals surface area contributed by atoms with Gasteiger partial charge in [-0.25, -0.2) is 4.39 Å². The molecule has 3 N–H and O–H groups in total. The lowest BCUT2D eigenvalue weighted by molar-refractivity contribution is -0.125. The third-order valence-corrected chi connectivity index (χ3v) is 2.09. The highest BCUT2D eigenvalue weighted by atomic mass is 19.1. The minimum Gasteiger partial charge on any atom is -0.369 e. The van der Waals surface area contributed by atoms with Gasteiger partial charge in [0.05, 0.1) is 0 Å². The van der Waals surface area contributed by atoms with E-state index in [0.717, 1.165) is 0 Å². The summed E-state index contributed by atoms with van der Waals surface area (Å²) < 4.78 is 12.8. The van der Waals surface area contributed by atoms with Crippen molar-refractivity contribution in [2.45, 2.75) is 13.3 Å². The molecule has 1 aromatic rings. The highest BCUT2D eigenvalue weighted by Gasteiger charge is 2.13. The Kier molecular flexibility index (Phi) is 3.99. The van der Waals surface area contributed by atoms with E-state index < -0.39 is 17.6 Å². The molecule has 0 aliphatic carbocycles. The highest BCUT2D eigenvalue weighted by molar-refractivity contribution is 5.93. The maximum atomic E-state index is 12.8. The van der Waals surface area contributed by atoms with E-state index in [1.807, 2.05) is 0 Å². The fraction of sp³-hybridized carbons (Fsp3) is 0.273. The van der Waals surface area contributed by atoms with Gasteiger partial charge in [-0.05, 0) is 18.2 Å². The number of amides is 2. The molecule has 1 unspecified atom stereocenters. The average Bonchev–Trinajstić information content (AvgIpc) is 2.16. The van der Waals surface area contributed by atoms with E-state index in [0.29, 0.717) is 5.69 Å². The van der Waals surface area contributed by atoms with Gasteiger partial charge in [0.2, 0.25) is 11.8 Å². The van der Waals surface area contributed by atoms with Gasteiger partial charge in [0, 0.05) is 18.0 Å². The lowest BCUT2D eigenvalue weighted by Crippen LogP contribution is -2.25. The molecule has 0 bridgehead atoms. The van der Waals surface area contributed by atoms with Crippen molar-refractivity contribution in [1.29, 1.82) is 0 Å². The Morgan fingerprint density at radius 3 is 2.75 bits per heavy atom. The Balaban J connectivity index is 2.55. The molecular weight excluding hydrogens is 211 g/mol. The van der Waals surface area contributed by atoms with Crippen LogP contribution in [0.4, 0.5) is 10.1 Å². The predicted molar refractivity (Wildman–Crippen MR) is 58.0 cm³/mol. The van der Waals surface area contributed by atoms with Crippen LogP contribution in [0.2, 0.25) is 0 Å². The minimum atomic E-state index is -0.534. The molecule has 1 rings (SSSR count). The molecule has 0 radical (unpaired) electrons. The molecule has 2 amide bonds. The second-order valence-electron chi connectivity index (χ2n) is 3.57. The van der Waals surface area contributed by atoms with Gasteiger partial charge in [-0.3, -0.25) is 9.59 Å². The molecule has 86 valence electrons. The van der Waals surface area contributed by atoms with Gasteiger partial charge in [0.15, 0.2) is 0 Å². The number of carbonyl (C=O) groups excluding carboxylic acids is 2. The quantitative estimate of drug-likeness (QED) is 0.808. The Labute approximate surface area is 92.6 Å². The number of anilines is 1. The zero-order valence-electron chi connectivity index (χ0n) is 8.87. The van der Waals surface area contributed by atoms with Crippen molar-refractivity contribution in [3.63, 3.8) is 0 Å². The molecular formula is C11H13FN2O2. The van der Waals surface area contributed by atoms with Crippen LogP contribution in [-0.4, -0.2) is 11.8 Å². The fourth-order valence-electron chi connectivity index (χ4n) is 1.16. The first-order valence-electron chi connectivity index (χ1n) is 4.84. The highest BCUT2D eigenvalue weighted by Crippen LogP contribution is 2.10. The molecule has 0 aliphatic rings. The monoisotopic (exact) mass is 224 g/mol. The number of nitrogens with one attached hydrogen (secondary N) is 1. The summed E-state index contributed by atoms with van der Waals surface area (Å²) in [7, 11) is 0. The van der Waals surface area contributed by atoms with Crippen LogP contribution < -0.4 is 11.1 Å². The smallest absolute Gasteiger partial charge is 0.225 e. The van der Waals surface area contributed by atoms with E-state index in [9.17, 15) is 14.0 Å². The molecule has 0 saturated heterocycles. The molecule has 1 atom stereocenters. The summed E-state index contributed by atoms with van der Waals surface area (Å²) >= 11 is 0. The van der Waals surface area contributed by atoms with Crippen LogP contribution in [0, 0.1) is 11.7 Å².